The van der Waals surface area contributed by atoms with E-state index in [9.17, 15) is 14.4 Å². The predicted octanol–water partition coefficient (Wildman–Crippen LogP) is 4.08. The van der Waals surface area contributed by atoms with E-state index in [1.54, 1.807) is 97.9 Å². The number of carbonyl (C=O) groups excluding carboxylic acids is 3. The highest BCUT2D eigenvalue weighted by molar-refractivity contribution is 5.91. The SMILES string of the molecule is C[C@@H]1O[C@H](COC(=O)c2ccccc2)[C@H](OC(=O)c2ccccc2)[C@H]1OC(=O)c1ccccc1. The third kappa shape index (κ3) is 5.50. The molecule has 4 rings (SSSR count). The molecule has 1 heterocycles. The van der Waals surface area contributed by atoms with Crippen LogP contribution in [0.15, 0.2) is 91.0 Å². The van der Waals surface area contributed by atoms with Crippen LogP contribution in [-0.2, 0) is 18.9 Å². The molecule has 1 aliphatic heterocycles. The minimum Gasteiger partial charge on any atom is -0.459 e. The summed E-state index contributed by atoms with van der Waals surface area (Å²) >= 11 is 0. The highest BCUT2D eigenvalue weighted by atomic mass is 16.6. The molecular weight excluding hydrogens is 436 g/mol. The lowest BCUT2D eigenvalue weighted by Gasteiger charge is -2.24. The zero-order chi connectivity index (χ0) is 23.9. The molecule has 0 saturated carbocycles. The van der Waals surface area contributed by atoms with Crippen LogP contribution in [0.5, 0.6) is 0 Å². The molecule has 0 bridgehead atoms. The van der Waals surface area contributed by atoms with Crippen LogP contribution in [-0.4, -0.2) is 48.9 Å². The van der Waals surface area contributed by atoms with Crippen LogP contribution in [0.4, 0.5) is 0 Å². The van der Waals surface area contributed by atoms with E-state index in [0.717, 1.165) is 0 Å². The Hall–Kier alpha value is -3.97. The lowest BCUT2D eigenvalue weighted by molar-refractivity contribution is -0.0442. The van der Waals surface area contributed by atoms with Crippen molar-refractivity contribution in [2.45, 2.75) is 31.3 Å². The van der Waals surface area contributed by atoms with Gasteiger partial charge in [0.2, 0.25) is 0 Å². The summed E-state index contributed by atoms with van der Waals surface area (Å²) in [5, 5.41) is 0. The van der Waals surface area contributed by atoms with Crippen LogP contribution in [0.25, 0.3) is 0 Å². The summed E-state index contributed by atoms with van der Waals surface area (Å²) in [6, 6.07) is 25.5. The molecule has 34 heavy (non-hydrogen) atoms. The van der Waals surface area contributed by atoms with Gasteiger partial charge in [-0.15, -0.1) is 0 Å². The molecule has 1 aliphatic rings. The molecule has 0 N–H and O–H groups in total. The molecule has 7 nitrogen and oxygen atoms in total. The van der Waals surface area contributed by atoms with Crippen LogP contribution in [0.3, 0.4) is 0 Å². The van der Waals surface area contributed by atoms with Gasteiger partial charge in [-0.1, -0.05) is 54.6 Å². The normalized spacial score (nSPS) is 21.4. The average Bonchev–Trinajstić information content (AvgIpc) is 3.17. The summed E-state index contributed by atoms with van der Waals surface area (Å²) in [7, 11) is 0. The standard InChI is InChI=1S/C27H24O7/c1-18-23(33-26(29)20-13-7-3-8-14-20)24(34-27(30)21-15-9-4-10-16-21)22(32-18)17-31-25(28)19-11-5-2-6-12-19/h2-16,18,22-24H,17H2,1H3/t18-,22+,23-,24-/m0/s1. The van der Waals surface area contributed by atoms with Gasteiger partial charge in [0.25, 0.3) is 0 Å². The molecule has 1 saturated heterocycles. The smallest absolute Gasteiger partial charge is 0.338 e. The number of benzene rings is 3. The van der Waals surface area contributed by atoms with E-state index in [0.29, 0.717) is 16.7 Å². The molecule has 3 aromatic carbocycles. The van der Waals surface area contributed by atoms with Gasteiger partial charge in [0, 0.05) is 0 Å². The summed E-state index contributed by atoms with van der Waals surface area (Å²) in [6.45, 7) is 1.54. The van der Waals surface area contributed by atoms with E-state index >= 15 is 0 Å². The highest BCUT2D eigenvalue weighted by Crippen LogP contribution is 2.29. The molecular formula is C27H24O7. The maximum absolute atomic E-state index is 12.8. The third-order valence-corrected chi connectivity index (χ3v) is 5.44. The van der Waals surface area contributed by atoms with Crippen molar-refractivity contribution in [2.24, 2.45) is 0 Å². The first-order valence-corrected chi connectivity index (χ1v) is 10.9. The van der Waals surface area contributed by atoms with E-state index in [4.69, 9.17) is 18.9 Å². The molecule has 7 heteroatoms. The van der Waals surface area contributed by atoms with Gasteiger partial charge >= 0.3 is 17.9 Å². The molecule has 0 spiro atoms. The van der Waals surface area contributed by atoms with Crippen molar-refractivity contribution in [3.8, 4) is 0 Å². The minimum atomic E-state index is -0.973. The fourth-order valence-corrected chi connectivity index (χ4v) is 3.70. The molecule has 174 valence electrons. The van der Waals surface area contributed by atoms with Crippen LogP contribution < -0.4 is 0 Å². The van der Waals surface area contributed by atoms with E-state index in [1.807, 2.05) is 0 Å². The van der Waals surface area contributed by atoms with Crippen molar-refractivity contribution in [3.05, 3.63) is 108 Å². The summed E-state index contributed by atoms with van der Waals surface area (Å²) in [5.41, 5.74) is 1.09. The summed E-state index contributed by atoms with van der Waals surface area (Å²) in [5.74, 6) is -1.69. The number of esters is 3. The number of hydrogen-bond acceptors (Lipinski definition) is 7. The maximum atomic E-state index is 12.8. The summed E-state index contributed by atoms with van der Waals surface area (Å²) < 4.78 is 22.8. The Bertz CT molecular complexity index is 1120. The van der Waals surface area contributed by atoms with Gasteiger partial charge in [0.15, 0.2) is 12.2 Å². The van der Waals surface area contributed by atoms with Crippen LogP contribution in [0.2, 0.25) is 0 Å². The minimum absolute atomic E-state index is 0.176. The number of ether oxygens (including phenoxy) is 4. The van der Waals surface area contributed by atoms with Gasteiger partial charge in [0.1, 0.15) is 12.7 Å². The Kier molecular flexibility index (Phi) is 7.34. The molecule has 0 unspecified atom stereocenters. The fourth-order valence-electron chi connectivity index (χ4n) is 3.70. The number of carbonyl (C=O) groups is 3. The van der Waals surface area contributed by atoms with Gasteiger partial charge in [-0.3, -0.25) is 0 Å². The Morgan fingerprint density at radius 3 is 1.53 bits per heavy atom. The van der Waals surface area contributed by atoms with Crippen molar-refractivity contribution in [2.75, 3.05) is 6.61 Å². The molecule has 0 amide bonds. The first-order chi connectivity index (χ1) is 16.5. The van der Waals surface area contributed by atoms with Gasteiger partial charge in [-0.2, -0.15) is 0 Å². The third-order valence-electron chi connectivity index (χ3n) is 5.44. The Labute approximate surface area is 197 Å². The van der Waals surface area contributed by atoms with Gasteiger partial charge in [0.05, 0.1) is 22.8 Å². The van der Waals surface area contributed by atoms with Crippen molar-refractivity contribution in [1.82, 2.24) is 0 Å². The molecule has 0 aliphatic carbocycles. The van der Waals surface area contributed by atoms with Crippen molar-refractivity contribution in [1.29, 1.82) is 0 Å². The molecule has 3 aromatic rings. The molecule has 1 fully saturated rings. The van der Waals surface area contributed by atoms with E-state index in [-0.39, 0.29) is 6.61 Å². The predicted molar refractivity (Wildman–Crippen MR) is 122 cm³/mol. The molecule has 4 atom stereocenters. The van der Waals surface area contributed by atoms with Crippen LogP contribution >= 0.6 is 0 Å². The van der Waals surface area contributed by atoms with Gasteiger partial charge in [-0.05, 0) is 43.3 Å². The molecule has 0 aromatic heterocycles. The largest absolute Gasteiger partial charge is 0.459 e. The quantitative estimate of drug-likeness (QED) is 0.388. The monoisotopic (exact) mass is 460 g/mol. The Balaban J connectivity index is 1.51. The Morgan fingerprint density at radius 2 is 1.06 bits per heavy atom. The fraction of sp³-hybridized carbons (Fsp3) is 0.222. The lowest BCUT2D eigenvalue weighted by atomic mass is 10.1. The zero-order valence-corrected chi connectivity index (χ0v) is 18.5. The van der Waals surface area contributed by atoms with Crippen LogP contribution in [0, 0.1) is 0 Å². The zero-order valence-electron chi connectivity index (χ0n) is 18.5. The van der Waals surface area contributed by atoms with Crippen molar-refractivity contribution >= 4 is 17.9 Å². The second-order valence-corrected chi connectivity index (χ2v) is 7.82. The van der Waals surface area contributed by atoms with E-state index in [1.165, 1.54) is 0 Å². The highest BCUT2D eigenvalue weighted by Gasteiger charge is 2.48. The second-order valence-electron chi connectivity index (χ2n) is 7.82. The summed E-state index contributed by atoms with van der Waals surface area (Å²) in [4.78, 5) is 37.9. The summed E-state index contributed by atoms with van der Waals surface area (Å²) in [6.07, 6.45) is -3.27. The average molecular weight is 460 g/mol. The van der Waals surface area contributed by atoms with E-state index < -0.39 is 42.3 Å². The van der Waals surface area contributed by atoms with Crippen molar-refractivity contribution < 1.29 is 33.3 Å². The first-order valence-electron chi connectivity index (χ1n) is 10.9. The van der Waals surface area contributed by atoms with Gasteiger partial charge < -0.3 is 18.9 Å². The van der Waals surface area contributed by atoms with Gasteiger partial charge in [-0.25, -0.2) is 14.4 Å². The topological polar surface area (TPSA) is 88.1 Å². The lowest BCUT2D eigenvalue weighted by Crippen LogP contribution is -2.41. The van der Waals surface area contributed by atoms with Crippen molar-refractivity contribution in [3.63, 3.8) is 0 Å². The number of rotatable bonds is 7. The first kappa shape index (κ1) is 23.2. The number of hydrogen-bond donors (Lipinski definition) is 0. The van der Waals surface area contributed by atoms with Crippen LogP contribution in [0.1, 0.15) is 38.0 Å². The Morgan fingerprint density at radius 1 is 0.647 bits per heavy atom. The second kappa shape index (κ2) is 10.8. The molecule has 0 radical (unpaired) electrons. The van der Waals surface area contributed by atoms with E-state index in [2.05, 4.69) is 0 Å². The maximum Gasteiger partial charge on any atom is 0.338 e.